The van der Waals surface area contributed by atoms with Gasteiger partial charge in [-0.1, -0.05) is 37.0 Å². The molecule has 0 aliphatic carbocycles. The molecule has 0 spiro atoms. The zero-order valence-electron chi connectivity index (χ0n) is 17.0. The van der Waals surface area contributed by atoms with Gasteiger partial charge in [0.1, 0.15) is 0 Å². The summed E-state index contributed by atoms with van der Waals surface area (Å²) < 4.78 is 27.0. The van der Waals surface area contributed by atoms with Crippen LogP contribution in [0.4, 0.5) is 5.69 Å². The highest BCUT2D eigenvalue weighted by molar-refractivity contribution is 7.89. The Bertz CT molecular complexity index is 1000. The molecule has 1 fully saturated rings. The number of rotatable bonds is 6. The molecule has 1 aliphatic heterocycles. The van der Waals surface area contributed by atoms with Gasteiger partial charge in [-0.05, 0) is 42.5 Å². The standard InChI is InChI=1S/C21H25Cl2N3O3S/c1-3-26(4-2)30(28,29)18-9-10-20(23)19(15-18)21(27)25-13-11-24(12-14-25)17-7-5-16(22)6-8-17/h5-10,15H,3-4,11-14H2,1-2H3. The number of benzene rings is 2. The van der Waals surface area contributed by atoms with E-state index in [1.165, 1.54) is 22.5 Å². The Hall–Kier alpha value is -1.80. The molecule has 2 aromatic rings. The lowest BCUT2D eigenvalue weighted by atomic mass is 10.1. The van der Waals surface area contributed by atoms with E-state index in [4.69, 9.17) is 23.2 Å². The lowest BCUT2D eigenvalue weighted by Crippen LogP contribution is -2.48. The summed E-state index contributed by atoms with van der Waals surface area (Å²) in [6.07, 6.45) is 0. The van der Waals surface area contributed by atoms with Crippen molar-refractivity contribution in [2.45, 2.75) is 18.7 Å². The van der Waals surface area contributed by atoms with Gasteiger partial charge in [0.2, 0.25) is 10.0 Å². The lowest BCUT2D eigenvalue weighted by molar-refractivity contribution is 0.0746. The molecule has 2 aromatic carbocycles. The minimum atomic E-state index is -3.67. The minimum Gasteiger partial charge on any atom is -0.368 e. The Kier molecular flexibility index (Phi) is 7.29. The third kappa shape index (κ3) is 4.75. The predicted molar refractivity (Wildman–Crippen MR) is 121 cm³/mol. The Morgan fingerprint density at radius 3 is 2.13 bits per heavy atom. The quantitative estimate of drug-likeness (QED) is 0.641. The van der Waals surface area contributed by atoms with Crippen LogP contribution in [0.25, 0.3) is 0 Å². The first kappa shape index (κ1) is 22.9. The summed E-state index contributed by atoms with van der Waals surface area (Å²) in [6.45, 7) is 6.65. The van der Waals surface area contributed by atoms with Crippen molar-refractivity contribution in [1.82, 2.24) is 9.21 Å². The van der Waals surface area contributed by atoms with Crippen molar-refractivity contribution in [2.75, 3.05) is 44.2 Å². The van der Waals surface area contributed by atoms with Gasteiger partial charge in [-0.25, -0.2) is 8.42 Å². The average molecular weight is 470 g/mol. The molecule has 0 saturated carbocycles. The highest BCUT2D eigenvalue weighted by Gasteiger charge is 2.27. The Morgan fingerprint density at radius 2 is 1.57 bits per heavy atom. The van der Waals surface area contributed by atoms with Gasteiger partial charge in [0.15, 0.2) is 0 Å². The number of nitrogens with zero attached hydrogens (tertiary/aromatic N) is 3. The van der Waals surface area contributed by atoms with Gasteiger partial charge in [-0.3, -0.25) is 4.79 Å². The van der Waals surface area contributed by atoms with Crippen molar-refractivity contribution in [3.63, 3.8) is 0 Å². The number of sulfonamides is 1. The Balaban J connectivity index is 1.76. The first-order valence-corrected chi connectivity index (χ1v) is 12.1. The molecule has 30 heavy (non-hydrogen) atoms. The topological polar surface area (TPSA) is 60.9 Å². The molecule has 1 saturated heterocycles. The van der Waals surface area contributed by atoms with E-state index in [1.807, 2.05) is 24.3 Å². The fourth-order valence-electron chi connectivity index (χ4n) is 3.53. The summed E-state index contributed by atoms with van der Waals surface area (Å²) in [4.78, 5) is 17.1. The van der Waals surface area contributed by atoms with E-state index in [0.29, 0.717) is 44.3 Å². The van der Waals surface area contributed by atoms with Crippen LogP contribution in [0.15, 0.2) is 47.4 Å². The lowest BCUT2D eigenvalue weighted by Gasteiger charge is -2.36. The second-order valence-electron chi connectivity index (χ2n) is 6.99. The van der Waals surface area contributed by atoms with Crippen LogP contribution in [0.3, 0.4) is 0 Å². The monoisotopic (exact) mass is 469 g/mol. The van der Waals surface area contributed by atoms with Crippen LogP contribution in [0, 0.1) is 0 Å². The van der Waals surface area contributed by atoms with E-state index in [9.17, 15) is 13.2 Å². The molecule has 1 heterocycles. The summed E-state index contributed by atoms with van der Waals surface area (Å²) in [5, 5.41) is 0.931. The number of hydrogen-bond donors (Lipinski definition) is 0. The van der Waals surface area contributed by atoms with Gasteiger partial charge < -0.3 is 9.80 Å². The zero-order chi connectivity index (χ0) is 21.9. The number of piperazine rings is 1. The minimum absolute atomic E-state index is 0.0822. The number of amides is 1. The summed E-state index contributed by atoms with van der Waals surface area (Å²) in [5.41, 5.74) is 1.27. The third-order valence-corrected chi connectivity index (χ3v) is 7.90. The van der Waals surface area contributed by atoms with Crippen LogP contribution in [-0.2, 0) is 10.0 Å². The van der Waals surface area contributed by atoms with Gasteiger partial charge in [-0.2, -0.15) is 4.31 Å². The first-order chi connectivity index (χ1) is 14.3. The van der Waals surface area contributed by atoms with Crippen LogP contribution < -0.4 is 4.90 Å². The summed E-state index contributed by atoms with van der Waals surface area (Å²) in [6, 6.07) is 11.9. The maximum atomic E-state index is 13.1. The number of anilines is 1. The van der Waals surface area contributed by atoms with E-state index in [2.05, 4.69) is 4.90 Å². The molecule has 0 unspecified atom stereocenters. The second-order valence-corrected chi connectivity index (χ2v) is 9.77. The molecule has 9 heteroatoms. The van der Waals surface area contributed by atoms with Crippen molar-refractivity contribution in [2.24, 2.45) is 0 Å². The molecule has 0 N–H and O–H groups in total. The molecule has 0 radical (unpaired) electrons. The van der Waals surface area contributed by atoms with Gasteiger partial charge in [0, 0.05) is 50.0 Å². The number of carbonyl (C=O) groups excluding carboxylic acids is 1. The van der Waals surface area contributed by atoms with Crippen molar-refractivity contribution in [3.8, 4) is 0 Å². The molecular weight excluding hydrogens is 445 g/mol. The third-order valence-electron chi connectivity index (χ3n) is 5.27. The van der Waals surface area contributed by atoms with Crippen molar-refractivity contribution >= 4 is 44.8 Å². The fourth-order valence-corrected chi connectivity index (χ4v) is 5.34. The van der Waals surface area contributed by atoms with Crippen LogP contribution in [0.5, 0.6) is 0 Å². The number of carbonyl (C=O) groups is 1. The smallest absolute Gasteiger partial charge is 0.255 e. The van der Waals surface area contributed by atoms with Crippen LogP contribution in [0.1, 0.15) is 24.2 Å². The second kappa shape index (κ2) is 9.56. The Labute approximate surface area is 188 Å². The molecule has 1 amide bonds. The van der Waals surface area contributed by atoms with Gasteiger partial charge in [0.25, 0.3) is 5.91 Å². The molecule has 162 valence electrons. The van der Waals surface area contributed by atoms with Crippen molar-refractivity contribution in [1.29, 1.82) is 0 Å². The van der Waals surface area contributed by atoms with Crippen molar-refractivity contribution < 1.29 is 13.2 Å². The Morgan fingerprint density at radius 1 is 0.967 bits per heavy atom. The van der Waals surface area contributed by atoms with E-state index in [0.717, 1.165) is 5.69 Å². The highest BCUT2D eigenvalue weighted by atomic mass is 35.5. The summed E-state index contributed by atoms with van der Waals surface area (Å²) in [5.74, 6) is -0.257. The molecule has 6 nitrogen and oxygen atoms in total. The van der Waals surface area contributed by atoms with E-state index >= 15 is 0 Å². The van der Waals surface area contributed by atoms with Gasteiger partial charge in [-0.15, -0.1) is 0 Å². The highest BCUT2D eigenvalue weighted by Crippen LogP contribution is 2.25. The maximum Gasteiger partial charge on any atom is 0.255 e. The summed E-state index contributed by atoms with van der Waals surface area (Å²) >= 11 is 12.2. The average Bonchev–Trinajstić information content (AvgIpc) is 2.75. The number of halogens is 2. The SMILES string of the molecule is CCN(CC)S(=O)(=O)c1ccc(Cl)c(C(=O)N2CCN(c3ccc(Cl)cc3)CC2)c1. The first-order valence-electron chi connectivity index (χ1n) is 9.87. The van der Waals surface area contributed by atoms with Crippen molar-refractivity contribution in [3.05, 3.63) is 58.1 Å². The van der Waals surface area contributed by atoms with E-state index < -0.39 is 10.0 Å². The van der Waals surface area contributed by atoms with Gasteiger partial charge in [0.05, 0.1) is 15.5 Å². The zero-order valence-corrected chi connectivity index (χ0v) is 19.3. The maximum absolute atomic E-state index is 13.1. The molecule has 0 aromatic heterocycles. The molecule has 0 bridgehead atoms. The van der Waals surface area contributed by atoms with Crippen LogP contribution in [0.2, 0.25) is 10.0 Å². The molecule has 3 rings (SSSR count). The normalized spacial score (nSPS) is 15.0. The molecule has 0 atom stereocenters. The van der Waals surface area contributed by atoms with Crippen LogP contribution >= 0.6 is 23.2 Å². The van der Waals surface area contributed by atoms with E-state index in [-0.39, 0.29) is 21.4 Å². The molecular formula is C21H25Cl2N3O3S. The van der Waals surface area contributed by atoms with Gasteiger partial charge >= 0.3 is 0 Å². The van der Waals surface area contributed by atoms with E-state index in [1.54, 1.807) is 18.7 Å². The number of hydrogen-bond acceptors (Lipinski definition) is 4. The summed E-state index contributed by atoms with van der Waals surface area (Å²) in [7, 11) is -3.67. The largest absolute Gasteiger partial charge is 0.368 e. The van der Waals surface area contributed by atoms with Crippen LogP contribution in [-0.4, -0.2) is 62.8 Å². The fraction of sp³-hybridized carbons (Fsp3) is 0.381. The molecule has 1 aliphatic rings. The predicted octanol–water partition coefficient (Wildman–Crippen LogP) is 3.99.